The molecular formula is C17H15ClN2O3S. The van der Waals surface area contributed by atoms with E-state index in [0.717, 1.165) is 11.1 Å². The van der Waals surface area contributed by atoms with Gasteiger partial charge in [0.15, 0.2) is 5.11 Å². The second-order valence-electron chi connectivity index (χ2n) is 5.16. The summed E-state index contributed by atoms with van der Waals surface area (Å²) in [7, 11) is 1.59. The van der Waals surface area contributed by atoms with Gasteiger partial charge in [-0.25, -0.2) is 0 Å². The zero-order chi connectivity index (χ0) is 17.1. The largest absolute Gasteiger partial charge is 0.496 e. The van der Waals surface area contributed by atoms with E-state index in [2.05, 4.69) is 5.32 Å². The molecule has 3 rings (SSSR count). The molecule has 1 aromatic carbocycles. The van der Waals surface area contributed by atoms with Gasteiger partial charge in [-0.1, -0.05) is 6.07 Å². The SMILES string of the molecule is COc1ccc(/C=C2/NC(=S)N(Cc3ccco3)C2=O)cc1CCl. The van der Waals surface area contributed by atoms with Gasteiger partial charge >= 0.3 is 0 Å². The van der Waals surface area contributed by atoms with Crippen LogP contribution in [0.15, 0.2) is 46.7 Å². The topological polar surface area (TPSA) is 54.7 Å². The van der Waals surface area contributed by atoms with Crippen LogP contribution in [0.25, 0.3) is 6.08 Å². The summed E-state index contributed by atoms with van der Waals surface area (Å²) < 4.78 is 10.5. The van der Waals surface area contributed by atoms with Crippen LogP contribution in [-0.2, 0) is 17.2 Å². The van der Waals surface area contributed by atoms with Gasteiger partial charge in [-0.3, -0.25) is 9.69 Å². The lowest BCUT2D eigenvalue weighted by Crippen LogP contribution is -2.29. The first-order valence-corrected chi connectivity index (χ1v) is 8.16. The van der Waals surface area contributed by atoms with Crippen molar-refractivity contribution < 1.29 is 13.9 Å². The number of furan rings is 1. The first-order valence-electron chi connectivity index (χ1n) is 7.22. The Morgan fingerprint density at radius 2 is 2.25 bits per heavy atom. The number of methoxy groups -OCH3 is 1. The fourth-order valence-corrected chi connectivity index (χ4v) is 2.90. The molecule has 1 saturated heterocycles. The molecule has 1 N–H and O–H groups in total. The summed E-state index contributed by atoms with van der Waals surface area (Å²) in [5, 5.41) is 3.30. The first kappa shape index (κ1) is 16.5. The Morgan fingerprint density at radius 3 is 2.92 bits per heavy atom. The minimum absolute atomic E-state index is 0.195. The maximum absolute atomic E-state index is 12.5. The van der Waals surface area contributed by atoms with Crippen molar-refractivity contribution in [3.8, 4) is 5.75 Å². The Bertz CT molecular complexity index is 802. The standard InChI is InChI=1S/C17H15ClN2O3S/c1-22-15-5-4-11(7-12(15)9-18)8-14-16(21)20(17(24)19-14)10-13-3-2-6-23-13/h2-8H,9-10H2,1H3,(H,19,24)/b14-8+. The lowest BCUT2D eigenvalue weighted by atomic mass is 10.1. The second kappa shape index (κ2) is 7.07. The van der Waals surface area contributed by atoms with Crippen LogP contribution < -0.4 is 10.1 Å². The molecule has 0 bridgehead atoms. The zero-order valence-corrected chi connectivity index (χ0v) is 14.5. The number of nitrogens with zero attached hydrogens (tertiary/aromatic N) is 1. The summed E-state index contributed by atoms with van der Waals surface area (Å²) in [4.78, 5) is 14.0. The molecule has 1 aliphatic heterocycles. The summed E-state index contributed by atoms with van der Waals surface area (Å²) in [6.45, 7) is 0.296. The van der Waals surface area contributed by atoms with Gasteiger partial charge in [0.05, 0.1) is 25.8 Å². The molecular weight excluding hydrogens is 348 g/mol. The minimum Gasteiger partial charge on any atom is -0.496 e. The highest BCUT2D eigenvalue weighted by molar-refractivity contribution is 7.80. The number of ether oxygens (including phenoxy) is 1. The van der Waals surface area contributed by atoms with Gasteiger partial charge in [-0.05, 0) is 48.1 Å². The first-order chi connectivity index (χ1) is 11.6. The summed E-state index contributed by atoms with van der Waals surface area (Å²) in [6, 6.07) is 9.13. The quantitative estimate of drug-likeness (QED) is 0.502. The van der Waals surface area contributed by atoms with E-state index < -0.39 is 0 Å². The summed E-state index contributed by atoms with van der Waals surface area (Å²) in [5.74, 6) is 1.51. The summed E-state index contributed by atoms with van der Waals surface area (Å²) in [5.41, 5.74) is 2.11. The van der Waals surface area contributed by atoms with Gasteiger partial charge in [0.25, 0.3) is 5.91 Å². The molecule has 0 unspecified atom stereocenters. The van der Waals surface area contributed by atoms with Crippen molar-refractivity contribution in [3.63, 3.8) is 0 Å². The molecule has 7 heteroatoms. The summed E-state index contributed by atoms with van der Waals surface area (Å²) in [6.07, 6.45) is 3.31. The van der Waals surface area contributed by atoms with Crippen LogP contribution in [-0.4, -0.2) is 23.0 Å². The molecule has 5 nitrogen and oxygen atoms in total. The number of carbonyl (C=O) groups excluding carboxylic acids is 1. The number of benzene rings is 1. The molecule has 2 heterocycles. The number of alkyl halides is 1. The van der Waals surface area contributed by atoms with Crippen LogP contribution in [0.2, 0.25) is 0 Å². The lowest BCUT2D eigenvalue weighted by Gasteiger charge is -2.11. The van der Waals surface area contributed by atoms with E-state index in [-0.39, 0.29) is 5.91 Å². The fraction of sp³-hybridized carbons (Fsp3) is 0.176. The van der Waals surface area contributed by atoms with E-state index in [1.165, 1.54) is 4.90 Å². The number of nitrogens with one attached hydrogen (secondary N) is 1. The van der Waals surface area contributed by atoms with Crippen molar-refractivity contribution in [3.05, 3.63) is 59.2 Å². The maximum atomic E-state index is 12.5. The third-order valence-electron chi connectivity index (χ3n) is 3.62. The van der Waals surface area contributed by atoms with Crippen molar-refractivity contribution >= 4 is 40.9 Å². The van der Waals surface area contributed by atoms with E-state index in [4.69, 9.17) is 33.0 Å². The number of amides is 1. The van der Waals surface area contributed by atoms with E-state index in [1.807, 2.05) is 18.2 Å². The number of thiocarbonyl (C=S) groups is 1. The van der Waals surface area contributed by atoms with Crippen molar-refractivity contribution in [1.82, 2.24) is 10.2 Å². The van der Waals surface area contributed by atoms with Crippen molar-refractivity contribution in [2.45, 2.75) is 12.4 Å². The average Bonchev–Trinajstić information content (AvgIpc) is 3.19. The number of hydrogen-bond donors (Lipinski definition) is 1. The van der Waals surface area contributed by atoms with Crippen LogP contribution in [0.5, 0.6) is 5.75 Å². The Hall–Kier alpha value is -2.31. The maximum Gasteiger partial charge on any atom is 0.276 e. The average molecular weight is 363 g/mol. The highest BCUT2D eigenvalue weighted by atomic mass is 35.5. The summed E-state index contributed by atoms with van der Waals surface area (Å²) >= 11 is 11.2. The molecule has 1 amide bonds. The third kappa shape index (κ3) is 3.29. The number of hydrogen-bond acceptors (Lipinski definition) is 4. The minimum atomic E-state index is -0.195. The lowest BCUT2D eigenvalue weighted by molar-refractivity contribution is -0.122. The number of carbonyl (C=O) groups is 1. The van der Waals surface area contributed by atoms with Gasteiger partial charge in [-0.15, -0.1) is 11.6 Å². The van der Waals surface area contributed by atoms with Gasteiger partial charge in [-0.2, -0.15) is 0 Å². The highest BCUT2D eigenvalue weighted by Crippen LogP contribution is 2.24. The van der Waals surface area contributed by atoms with Crippen LogP contribution in [0, 0.1) is 0 Å². The van der Waals surface area contributed by atoms with Crippen LogP contribution in [0.3, 0.4) is 0 Å². The van der Waals surface area contributed by atoms with E-state index in [0.29, 0.717) is 34.7 Å². The number of rotatable bonds is 5. The Morgan fingerprint density at radius 1 is 1.42 bits per heavy atom. The molecule has 0 spiro atoms. The molecule has 24 heavy (non-hydrogen) atoms. The third-order valence-corrected chi connectivity index (χ3v) is 4.23. The van der Waals surface area contributed by atoms with Crippen molar-refractivity contribution in [2.75, 3.05) is 7.11 Å². The van der Waals surface area contributed by atoms with Gasteiger partial charge in [0, 0.05) is 5.56 Å². The Balaban J connectivity index is 1.83. The predicted octanol–water partition coefficient (Wildman–Crippen LogP) is 3.28. The molecule has 124 valence electrons. The van der Waals surface area contributed by atoms with Crippen LogP contribution in [0.1, 0.15) is 16.9 Å². The Labute approximate surface area is 149 Å². The number of halogens is 1. The van der Waals surface area contributed by atoms with Crippen molar-refractivity contribution in [1.29, 1.82) is 0 Å². The fourth-order valence-electron chi connectivity index (χ4n) is 2.43. The van der Waals surface area contributed by atoms with Crippen LogP contribution in [0.4, 0.5) is 0 Å². The molecule has 0 radical (unpaired) electrons. The molecule has 1 aromatic heterocycles. The highest BCUT2D eigenvalue weighted by Gasteiger charge is 2.31. The van der Waals surface area contributed by atoms with E-state index >= 15 is 0 Å². The van der Waals surface area contributed by atoms with Gasteiger partial charge in [0.1, 0.15) is 17.2 Å². The molecule has 2 aromatic rings. The Kier molecular flexibility index (Phi) is 4.87. The predicted molar refractivity (Wildman–Crippen MR) is 95.5 cm³/mol. The van der Waals surface area contributed by atoms with E-state index in [1.54, 1.807) is 31.6 Å². The van der Waals surface area contributed by atoms with Crippen molar-refractivity contribution in [2.24, 2.45) is 0 Å². The zero-order valence-electron chi connectivity index (χ0n) is 12.9. The van der Waals surface area contributed by atoms with Gasteiger partial charge in [0.2, 0.25) is 0 Å². The molecule has 0 aliphatic carbocycles. The normalized spacial score (nSPS) is 15.9. The van der Waals surface area contributed by atoms with E-state index in [9.17, 15) is 4.79 Å². The monoisotopic (exact) mass is 362 g/mol. The molecule has 1 fully saturated rings. The van der Waals surface area contributed by atoms with Gasteiger partial charge < -0.3 is 14.5 Å². The second-order valence-corrected chi connectivity index (χ2v) is 5.82. The molecule has 0 saturated carbocycles. The van der Waals surface area contributed by atoms with Crippen LogP contribution >= 0.6 is 23.8 Å². The smallest absolute Gasteiger partial charge is 0.276 e. The molecule has 0 atom stereocenters. The molecule has 1 aliphatic rings.